The zero-order valence-electron chi connectivity index (χ0n) is 31.0. The largest absolute Gasteiger partial charge is 0.505 e. The Labute approximate surface area is 317 Å². The van der Waals surface area contributed by atoms with Crippen LogP contribution in [0.25, 0.3) is 11.1 Å². The summed E-state index contributed by atoms with van der Waals surface area (Å²) in [4.78, 5) is 67.0. The molecular formula is C41H46N4O10. The number of urea groups is 2. The van der Waals surface area contributed by atoms with Gasteiger partial charge in [-0.15, -0.1) is 0 Å². The van der Waals surface area contributed by atoms with Crippen LogP contribution >= 0.6 is 0 Å². The first kappa shape index (κ1) is 38.1. The van der Waals surface area contributed by atoms with Crippen LogP contribution in [0.15, 0.2) is 60.7 Å². The summed E-state index contributed by atoms with van der Waals surface area (Å²) in [5.74, 6) is -10.5. The smallest absolute Gasteiger partial charge is 0.327 e. The number of anilines is 1. The van der Waals surface area contributed by atoms with Crippen molar-refractivity contribution < 1.29 is 49.5 Å². The van der Waals surface area contributed by atoms with E-state index in [9.17, 15) is 49.5 Å². The molecule has 14 heteroatoms. The van der Waals surface area contributed by atoms with Crippen molar-refractivity contribution in [2.45, 2.75) is 70.4 Å². The molecule has 14 nitrogen and oxygen atoms in total. The third-order valence-corrected chi connectivity index (χ3v) is 13.5. The fourth-order valence-electron chi connectivity index (χ4n) is 10.8. The number of hydrogen-bond donors (Lipinski definition) is 9. The molecule has 7 rings (SSSR count). The molecule has 2 unspecified atom stereocenters. The van der Waals surface area contributed by atoms with Gasteiger partial charge in [0.15, 0.2) is 17.2 Å². The molecule has 2 fully saturated rings. The number of amides is 5. The van der Waals surface area contributed by atoms with Gasteiger partial charge in [0.1, 0.15) is 17.8 Å². The number of aliphatic hydroxyl groups excluding tert-OH is 3. The highest BCUT2D eigenvalue weighted by molar-refractivity contribution is 6.11. The summed E-state index contributed by atoms with van der Waals surface area (Å²) in [6, 6.07) is 16.7. The maximum atomic E-state index is 14.5. The van der Waals surface area contributed by atoms with E-state index in [1.807, 2.05) is 48.5 Å². The van der Waals surface area contributed by atoms with Crippen LogP contribution in [0.4, 0.5) is 15.3 Å². The Balaban J connectivity index is 1.15. The lowest BCUT2D eigenvalue weighted by molar-refractivity contribution is -0.306. The molecule has 3 aromatic carbocycles. The van der Waals surface area contributed by atoms with Gasteiger partial charge in [0, 0.05) is 23.3 Å². The maximum Gasteiger partial charge on any atom is 0.327 e. The van der Waals surface area contributed by atoms with Crippen LogP contribution in [0.3, 0.4) is 0 Å². The molecular weight excluding hydrogens is 708 g/mol. The normalized spacial score (nSPS) is 33.5. The lowest BCUT2D eigenvalue weighted by atomic mass is 9.36. The monoisotopic (exact) mass is 754 g/mol. The molecule has 55 heavy (non-hydrogen) atoms. The number of benzene rings is 3. The first-order valence-electron chi connectivity index (χ1n) is 18.4. The van der Waals surface area contributed by atoms with Gasteiger partial charge in [-0.3, -0.25) is 19.7 Å². The van der Waals surface area contributed by atoms with Crippen molar-refractivity contribution in [2.24, 2.45) is 40.2 Å². The van der Waals surface area contributed by atoms with Crippen molar-refractivity contribution >= 4 is 35.2 Å². The molecule has 3 aromatic rings. The Hall–Kier alpha value is -5.15. The third kappa shape index (κ3) is 5.04. The van der Waals surface area contributed by atoms with Gasteiger partial charge in [0.25, 0.3) is 0 Å². The number of aliphatic hydroxyl groups is 4. The van der Waals surface area contributed by atoms with Crippen molar-refractivity contribution in [1.82, 2.24) is 10.6 Å². The van der Waals surface area contributed by atoms with Gasteiger partial charge in [0.2, 0.25) is 5.91 Å². The average Bonchev–Trinajstić information content (AvgIpc) is 3.45. The Morgan fingerprint density at radius 3 is 2.02 bits per heavy atom. The van der Waals surface area contributed by atoms with E-state index in [1.54, 1.807) is 20.8 Å². The number of rotatable bonds is 5. The highest BCUT2D eigenvalue weighted by Gasteiger charge is 2.80. The van der Waals surface area contributed by atoms with Gasteiger partial charge in [-0.25, -0.2) is 9.59 Å². The molecule has 4 aliphatic carbocycles. The first-order chi connectivity index (χ1) is 25.8. The number of carbonyl (C=O) groups excluding carboxylic acids is 5. The number of carbonyl (C=O) groups is 5. The van der Waals surface area contributed by atoms with Crippen LogP contribution in [-0.2, 0) is 9.59 Å². The molecule has 10 atom stereocenters. The van der Waals surface area contributed by atoms with E-state index in [0.717, 1.165) is 22.3 Å². The zero-order valence-corrected chi connectivity index (χ0v) is 31.0. The van der Waals surface area contributed by atoms with Gasteiger partial charge in [-0.2, -0.15) is 0 Å². The van der Waals surface area contributed by atoms with E-state index in [4.69, 9.17) is 5.73 Å². The fourth-order valence-corrected chi connectivity index (χ4v) is 10.8. The standard InChI is InChI=1S/C41H46N4O10/c1-17(2)28-32(48)27(35(42)51)33(49)41(55)34(50)29-31(47)26-19(18(3)39(29,4)36(52)40(28,41)5)14-15-25(30(26)46)44-38(54)45-37(53)43-16-24-22-12-8-6-10-20(22)21-11-7-9-13-23(21)24/h6-15,17-18,24,27-29,32,34,36,46,48,50,52,55H,16H2,1-5H3,(H2,42,51)(H3,43,44,45,53,54)/t18-,27-,28+,29-,32?,34?,36-,39+,40+,41+/m1/s1. The van der Waals surface area contributed by atoms with Crippen LogP contribution in [0.1, 0.15) is 73.5 Å². The van der Waals surface area contributed by atoms with E-state index in [1.165, 1.54) is 26.0 Å². The number of phenolic OH excluding ortho intramolecular Hbond substituents is 1. The van der Waals surface area contributed by atoms with Crippen molar-refractivity contribution in [3.8, 4) is 16.9 Å². The lowest BCUT2D eigenvalue weighted by Gasteiger charge is -2.69. The van der Waals surface area contributed by atoms with Crippen molar-refractivity contribution in [3.63, 3.8) is 0 Å². The summed E-state index contributed by atoms with van der Waals surface area (Å²) in [6.07, 6.45) is -5.65. The SMILES string of the molecule is CC(C)[C@H]1C(O)[C@@H](C(N)=O)C(=O)[C@]2(O)C(O)[C@H]3C(=O)c4c(ccc(NC(=O)NC(=O)NCC5c6ccccc6-c6ccccc65)c4O)[C@@H](C)[C@]3(C)[C@@H](O)[C@]12C. The number of Topliss-reactive ketones (excluding diaryl/α,β-unsaturated/α-hetero) is 2. The van der Waals surface area contributed by atoms with E-state index in [-0.39, 0.29) is 29.3 Å². The molecule has 0 aliphatic heterocycles. The van der Waals surface area contributed by atoms with Crippen LogP contribution < -0.4 is 21.7 Å². The minimum Gasteiger partial charge on any atom is -0.505 e. The zero-order chi connectivity index (χ0) is 40.1. The molecule has 0 aromatic heterocycles. The summed E-state index contributed by atoms with van der Waals surface area (Å²) in [6.45, 7) is 8.09. The summed E-state index contributed by atoms with van der Waals surface area (Å²) in [7, 11) is 0. The van der Waals surface area contributed by atoms with Gasteiger partial charge in [-0.05, 0) is 51.6 Å². The number of aromatic hydroxyl groups is 1. The van der Waals surface area contributed by atoms with Gasteiger partial charge >= 0.3 is 12.1 Å². The summed E-state index contributed by atoms with van der Waals surface area (Å²) in [5, 5.41) is 66.9. The Morgan fingerprint density at radius 2 is 1.45 bits per heavy atom. The molecule has 0 heterocycles. The second-order valence-corrected chi connectivity index (χ2v) is 16.3. The Bertz CT molecular complexity index is 2110. The van der Waals surface area contributed by atoms with Gasteiger partial charge in [0.05, 0.1) is 29.4 Å². The van der Waals surface area contributed by atoms with E-state index in [2.05, 4.69) is 16.0 Å². The predicted molar refractivity (Wildman–Crippen MR) is 199 cm³/mol. The summed E-state index contributed by atoms with van der Waals surface area (Å²) in [5.41, 5.74) is 2.89. The number of nitrogens with one attached hydrogen (secondary N) is 3. The number of ketones is 2. The van der Waals surface area contributed by atoms with E-state index in [0.29, 0.717) is 0 Å². The Morgan fingerprint density at radius 1 is 0.873 bits per heavy atom. The second-order valence-electron chi connectivity index (χ2n) is 16.3. The molecule has 0 saturated heterocycles. The van der Waals surface area contributed by atoms with Gasteiger partial charge < -0.3 is 41.9 Å². The minimum absolute atomic E-state index is 0.152. The molecule has 0 bridgehead atoms. The Kier molecular flexibility index (Phi) is 9.00. The number of primary amides is 1. The topological polar surface area (TPSA) is 249 Å². The summed E-state index contributed by atoms with van der Waals surface area (Å²) >= 11 is 0. The molecule has 4 aliphatic rings. The van der Waals surface area contributed by atoms with Crippen LogP contribution in [0.2, 0.25) is 0 Å². The quantitative estimate of drug-likeness (QED) is 0.136. The second kappa shape index (κ2) is 13.0. The minimum atomic E-state index is -2.93. The fraction of sp³-hybridized carbons (Fsp3) is 0.439. The molecule has 5 amide bonds. The average molecular weight is 755 g/mol. The number of phenols is 1. The van der Waals surface area contributed by atoms with Crippen molar-refractivity contribution in [1.29, 1.82) is 0 Å². The van der Waals surface area contributed by atoms with Gasteiger partial charge in [-0.1, -0.05) is 89.2 Å². The number of imide groups is 1. The van der Waals surface area contributed by atoms with Crippen LogP contribution in [-0.4, -0.2) is 85.5 Å². The van der Waals surface area contributed by atoms with Crippen molar-refractivity contribution in [2.75, 3.05) is 11.9 Å². The highest BCUT2D eigenvalue weighted by atomic mass is 16.4. The lowest BCUT2D eigenvalue weighted by Crippen LogP contribution is -2.83. The van der Waals surface area contributed by atoms with Crippen molar-refractivity contribution in [3.05, 3.63) is 82.9 Å². The number of nitrogens with two attached hydrogens (primary N) is 1. The molecule has 2 saturated carbocycles. The maximum absolute atomic E-state index is 14.5. The molecule has 0 spiro atoms. The van der Waals surface area contributed by atoms with Crippen LogP contribution in [0, 0.1) is 34.5 Å². The number of hydrogen-bond acceptors (Lipinski definition) is 10. The third-order valence-electron chi connectivity index (χ3n) is 13.5. The number of fused-ring (bicyclic) bond motifs is 6. The molecule has 290 valence electrons. The highest BCUT2D eigenvalue weighted by Crippen LogP contribution is 2.68. The predicted octanol–water partition coefficient (Wildman–Crippen LogP) is 2.75. The molecule has 0 radical (unpaired) electrons. The van der Waals surface area contributed by atoms with Crippen LogP contribution in [0.5, 0.6) is 5.75 Å². The first-order valence-corrected chi connectivity index (χ1v) is 18.4. The van der Waals surface area contributed by atoms with E-state index >= 15 is 0 Å². The van der Waals surface area contributed by atoms with E-state index < -0.39 is 99.6 Å². The summed E-state index contributed by atoms with van der Waals surface area (Å²) < 4.78 is 0. The molecule has 10 N–H and O–H groups in total.